The summed E-state index contributed by atoms with van der Waals surface area (Å²) in [7, 11) is 0. The quantitative estimate of drug-likeness (QED) is 0.529. The Bertz CT molecular complexity index is 132. The SMILES string of the molecule is CC1CC1(C)C(N)=O. The molecule has 1 amide bonds. The van der Waals surface area contributed by atoms with Gasteiger partial charge in [-0.25, -0.2) is 0 Å². The predicted octanol–water partition coefficient (Wildman–Crippen LogP) is 0.518. The van der Waals surface area contributed by atoms with Crippen LogP contribution in [0.25, 0.3) is 0 Å². The molecule has 0 aliphatic heterocycles. The lowest BCUT2D eigenvalue weighted by molar-refractivity contribution is -0.122. The lowest BCUT2D eigenvalue weighted by Gasteiger charge is -1.99. The fourth-order valence-electron chi connectivity index (χ4n) is 0.921. The lowest BCUT2D eigenvalue weighted by atomic mass is 10.1. The summed E-state index contributed by atoms with van der Waals surface area (Å²) < 4.78 is 0. The first kappa shape index (κ1) is 5.60. The third-order valence-corrected chi connectivity index (χ3v) is 2.22. The van der Waals surface area contributed by atoms with Gasteiger partial charge in [0.25, 0.3) is 0 Å². The first-order valence-electron chi connectivity index (χ1n) is 2.87. The molecule has 1 rings (SSSR count). The summed E-state index contributed by atoms with van der Waals surface area (Å²) in [6.07, 6.45) is 0.975. The van der Waals surface area contributed by atoms with E-state index in [2.05, 4.69) is 0 Å². The fourth-order valence-corrected chi connectivity index (χ4v) is 0.921. The van der Waals surface area contributed by atoms with Crippen LogP contribution in [-0.4, -0.2) is 5.91 Å². The minimum atomic E-state index is -0.153. The standard InChI is InChI=1S/C6H11NO/c1-4-3-6(4,2)5(7)8/h4H,3H2,1-2H3,(H2,7,8). The molecule has 0 bridgehead atoms. The Hall–Kier alpha value is -0.530. The summed E-state index contributed by atoms with van der Waals surface area (Å²) in [5.74, 6) is 0.366. The minimum absolute atomic E-state index is 0.148. The topological polar surface area (TPSA) is 43.1 Å². The second-order valence-corrected chi connectivity index (χ2v) is 2.89. The molecule has 1 aliphatic carbocycles. The van der Waals surface area contributed by atoms with E-state index in [1.165, 1.54) is 0 Å². The summed E-state index contributed by atoms with van der Waals surface area (Å²) in [5, 5.41) is 0. The monoisotopic (exact) mass is 113 g/mol. The molecule has 1 aliphatic rings. The highest BCUT2D eigenvalue weighted by molar-refractivity contribution is 5.83. The molecule has 0 aromatic carbocycles. The van der Waals surface area contributed by atoms with Crippen molar-refractivity contribution in [3.8, 4) is 0 Å². The summed E-state index contributed by atoms with van der Waals surface area (Å²) in [5.41, 5.74) is 4.93. The van der Waals surface area contributed by atoms with Gasteiger partial charge in [0.05, 0.1) is 0 Å². The van der Waals surface area contributed by atoms with Gasteiger partial charge in [-0.2, -0.15) is 0 Å². The van der Waals surface area contributed by atoms with Crippen molar-refractivity contribution in [2.75, 3.05) is 0 Å². The van der Waals surface area contributed by atoms with E-state index in [1.54, 1.807) is 0 Å². The summed E-state index contributed by atoms with van der Waals surface area (Å²) >= 11 is 0. The molecule has 0 aromatic rings. The van der Waals surface area contributed by atoms with E-state index < -0.39 is 0 Å². The Labute approximate surface area is 49.1 Å². The number of carbonyl (C=O) groups is 1. The molecule has 2 unspecified atom stereocenters. The second kappa shape index (κ2) is 1.24. The smallest absolute Gasteiger partial charge is 0.223 e. The van der Waals surface area contributed by atoms with Crippen LogP contribution in [0.5, 0.6) is 0 Å². The van der Waals surface area contributed by atoms with Gasteiger partial charge in [-0.15, -0.1) is 0 Å². The molecule has 0 heterocycles. The molecule has 0 radical (unpaired) electrons. The molecule has 0 spiro atoms. The van der Waals surface area contributed by atoms with Gasteiger partial charge in [0.1, 0.15) is 0 Å². The Morgan fingerprint density at radius 2 is 2.25 bits per heavy atom. The second-order valence-electron chi connectivity index (χ2n) is 2.89. The largest absolute Gasteiger partial charge is 0.369 e. The molecule has 46 valence electrons. The zero-order valence-corrected chi connectivity index (χ0v) is 5.27. The normalized spacial score (nSPS) is 44.0. The van der Waals surface area contributed by atoms with Crippen LogP contribution in [-0.2, 0) is 4.79 Å². The van der Waals surface area contributed by atoms with Crippen LogP contribution in [0, 0.1) is 11.3 Å². The van der Waals surface area contributed by atoms with Gasteiger partial charge in [-0.3, -0.25) is 4.79 Å². The van der Waals surface area contributed by atoms with Crippen molar-refractivity contribution >= 4 is 5.91 Å². The number of hydrogen-bond acceptors (Lipinski definition) is 1. The average Bonchev–Trinajstić information content (AvgIpc) is 2.17. The van der Waals surface area contributed by atoms with E-state index in [1.807, 2.05) is 13.8 Å². The highest BCUT2D eigenvalue weighted by Crippen LogP contribution is 2.51. The van der Waals surface area contributed by atoms with Crippen molar-refractivity contribution in [1.29, 1.82) is 0 Å². The van der Waals surface area contributed by atoms with E-state index in [0.29, 0.717) is 5.92 Å². The summed E-state index contributed by atoms with van der Waals surface area (Å²) in [6, 6.07) is 0. The maximum atomic E-state index is 10.5. The van der Waals surface area contributed by atoms with E-state index >= 15 is 0 Å². The van der Waals surface area contributed by atoms with Crippen LogP contribution >= 0.6 is 0 Å². The number of amides is 1. The zero-order chi connectivity index (χ0) is 6.36. The highest BCUT2D eigenvalue weighted by atomic mass is 16.1. The molecule has 2 heteroatoms. The van der Waals surface area contributed by atoms with Crippen molar-refractivity contribution in [1.82, 2.24) is 0 Å². The third-order valence-electron chi connectivity index (χ3n) is 2.22. The minimum Gasteiger partial charge on any atom is -0.369 e. The first-order valence-corrected chi connectivity index (χ1v) is 2.87. The van der Waals surface area contributed by atoms with Crippen molar-refractivity contribution in [2.24, 2.45) is 17.1 Å². The third kappa shape index (κ3) is 0.522. The lowest BCUT2D eigenvalue weighted by Crippen LogP contribution is -2.22. The molecule has 2 atom stereocenters. The molecule has 8 heavy (non-hydrogen) atoms. The van der Waals surface area contributed by atoms with Crippen LogP contribution < -0.4 is 5.73 Å². The van der Waals surface area contributed by atoms with Crippen molar-refractivity contribution in [3.63, 3.8) is 0 Å². The zero-order valence-electron chi connectivity index (χ0n) is 5.27. The highest BCUT2D eigenvalue weighted by Gasteiger charge is 2.51. The average molecular weight is 113 g/mol. The van der Waals surface area contributed by atoms with Gasteiger partial charge < -0.3 is 5.73 Å². The van der Waals surface area contributed by atoms with Crippen molar-refractivity contribution in [3.05, 3.63) is 0 Å². The summed E-state index contributed by atoms with van der Waals surface area (Å²) in [4.78, 5) is 10.5. The van der Waals surface area contributed by atoms with Gasteiger partial charge >= 0.3 is 0 Å². The Kier molecular flexibility index (Phi) is 0.872. The van der Waals surface area contributed by atoms with E-state index in [-0.39, 0.29) is 11.3 Å². The molecule has 1 fully saturated rings. The Morgan fingerprint density at radius 1 is 1.88 bits per heavy atom. The number of hydrogen-bond donors (Lipinski definition) is 1. The van der Waals surface area contributed by atoms with Gasteiger partial charge in [-0.1, -0.05) is 13.8 Å². The van der Waals surface area contributed by atoms with E-state index in [4.69, 9.17) is 5.73 Å². The molecule has 0 saturated heterocycles. The predicted molar refractivity (Wildman–Crippen MR) is 31.1 cm³/mol. The van der Waals surface area contributed by atoms with Crippen LogP contribution in [0.1, 0.15) is 20.3 Å². The van der Waals surface area contributed by atoms with Crippen molar-refractivity contribution < 1.29 is 4.79 Å². The van der Waals surface area contributed by atoms with E-state index in [0.717, 1.165) is 6.42 Å². The Morgan fingerprint density at radius 3 is 2.25 bits per heavy atom. The van der Waals surface area contributed by atoms with Crippen LogP contribution in [0.3, 0.4) is 0 Å². The summed E-state index contributed by atoms with van der Waals surface area (Å²) in [6.45, 7) is 3.96. The van der Waals surface area contributed by atoms with E-state index in [9.17, 15) is 4.79 Å². The molecule has 0 aromatic heterocycles. The van der Waals surface area contributed by atoms with Gasteiger partial charge in [0.2, 0.25) is 5.91 Å². The Balaban J connectivity index is 2.60. The van der Waals surface area contributed by atoms with Crippen molar-refractivity contribution in [2.45, 2.75) is 20.3 Å². The molecule has 2 N–H and O–H groups in total. The fraction of sp³-hybridized carbons (Fsp3) is 0.833. The molecule has 1 saturated carbocycles. The van der Waals surface area contributed by atoms with Gasteiger partial charge in [0.15, 0.2) is 0 Å². The van der Waals surface area contributed by atoms with Gasteiger partial charge in [-0.05, 0) is 12.3 Å². The van der Waals surface area contributed by atoms with Crippen LogP contribution in [0.15, 0.2) is 0 Å². The van der Waals surface area contributed by atoms with Crippen LogP contribution in [0.2, 0.25) is 0 Å². The molecule has 2 nitrogen and oxygen atoms in total. The number of rotatable bonds is 1. The van der Waals surface area contributed by atoms with Crippen LogP contribution in [0.4, 0.5) is 0 Å². The maximum Gasteiger partial charge on any atom is 0.223 e. The molecular weight excluding hydrogens is 102 g/mol. The number of nitrogens with two attached hydrogens (primary N) is 1. The molecular formula is C6H11NO. The maximum absolute atomic E-state index is 10.5. The number of carbonyl (C=O) groups excluding carboxylic acids is 1. The first-order chi connectivity index (χ1) is 3.57. The van der Waals surface area contributed by atoms with Gasteiger partial charge in [0, 0.05) is 5.41 Å². The number of primary amides is 1.